The Morgan fingerprint density at radius 2 is 2.16 bits per heavy atom. The minimum absolute atomic E-state index is 0.0340. The Hall–Kier alpha value is -0.650. The fourth-order valence-corrected chi connectivity index (χ4v) is 2.90. The number of nitrogens with one attached hydrogen (secondary N) is 2. The zero-order valence-corrected chi connectivity index (χ0v) is 12.0. The third-order valence-electron chi connectivity index (χ3n) is 4.05. The van der Waals surface area contributed by atoms with Crippen LogP contribution in [0.15, 0.2) is 0 Å². The molecule has 0 bridgehead atoms. The zero-order valence-electron chi connectivity index (χ0n) is 12.0. The number of piperidine rings is 2. The third-order valence-corrected chi connectivity index (χ3v) is 4.05. The predicted molar refractivity (Wildman–Crippen MR) is 75.1 cm³/mol. The van der Waals surface area contributed by atoms with Crippen LogP contribution < -0.4 is 10.6 Å². The second-order valence-electron chi connectivity index (χ2n) is 5.83. The maximum Gasteiger partial charge on any atom is 0.246 e. The van der Waals surface area contributed by atoms with Crippen molar-refractivity contribution in [3.63, 3.8) is 0 Å². The minimum Gasteiger partial charge on any atom is -0.368 e. The van der Waals surface area contributed by atoms with Crippen molar-refractivity contribution in [2.24, 2.45) is 5.92 Å². The molecule has 0 saturated carbocycles. The molecule has 1 amide bonds. The fraction of sp³-hybridized carbons (Fsp3) is 0.929. The van der Waals surface area contributed by atoms with Crippen molar-refractivity contribution in [1.29, 1.82) is 0 Å². The molecule has 19 heavy (non-hydrogen) atoms. The molecule has 2 heterocycles. The first-order chi connectivity index (χ1) is 9.24. The van der Waals surface area contributed by atoms with Crippen LogP contribution in [0.5, 0.6) is 0 Å². The largest absolute Gasteiger partial charge is 0.368 e. The van der Waals surface area contributed by atoms with Crippen LogP contribution in [0, 0.1) is 5.92 Å². The maximum absolute atomic E-state index is 11.7. The number of nitrogens with zero attached hydrogens (tertiary/aromatic N) is 1. The summed E-state index contributed by atoms with van der Waals surface area (Å²) in [5.41, 5.74) is 0. The van der Waals surface area contributed by atoms with Gasteiger partial charge in [0.2, 0.25) is 5.91 Å². The van der Waals surface area contributed by atoms with E-state index in [1.54, 1.807) is 0 Å². The van der Waals surface area contributed by atoms with Crippen molar-refractivity contribution in [1.82, 2.24) is 15.5 Å². The lowest BCUT2D eigenvalue weighted by molar-refractivity contribution is -0.128. The Bertz CT molecular complexity index is 280. The standard InChI is InChI=1S/C14H27N3O2/c1-17-8-2-3-12(10-17)9-16-14(18)11-19-13-4-6-15-7-5-13/h12-13,15H,2-11H2,1H3,(H,16,18). The lowest BCUT2D eigenvalue weighted by atomic mass is 9.98. The van der Waals surface area contributed by atoms with E-state index in [0.29, 0.717) is 5.92 Å². The summed E-state index contributed by atoms with van der Waals surface area (Å²) in [6, 6.07) is 0. The van der Waals surface area contributed by atoms with Crippen molar-refractivity contribution in [3.8, 4) is 0 Å². The summed E-state index contributed by atoms with van der Waals surface area (Å²) in [5, 5.41) is 6.30. The highest BCUT2D eigenvalue weighted by atomic mass is 16.5. The number of likely N-dealkylation sites (tertiary alicyclic amines) is 1. The smallest absolute Gasteiger partial charge is 0.246 e. The van der Waals surface area contributed by atoms with E-state index in [0.717, 1.165) is 39.0 Å². The highest BCUT2D eigenvalue weighted by Gasteiger charge is 2.18. The maximum atomic E-state index is 11.7. The van der Waals surface area contributed by atoms with Gasteiger partial charge in [-0.2, -0.15) is 0 Å². The normalized spacial score (nSPS) is 26.3. The molecule has 0 radical (unpaired) electrons. The molecular weight excluding hydrogens is 242 g/mol. The first-order valence-corrected chi connectivity index (χ1v) is 7.51. The Balaban J connectivity index is 1.56. The molecule has 2 N–H and O–H groups in total. The predicted octanol–water partition coefficient (Wildman–Crippen LogP) is 0.213. The summed E-state index contributed by atoms with van der Waals surface area (Å²) in [4.78, 5) is 14.1. The van der Waals surface area contributed by atoms with E-state index in [-0.39, 0.29) is 18.6 Å². The first-order valence-electron chi connectivity index (χ1n) is 7.51. The molecule has 2 aliphatic heterocycles. The van der Waals surface area contributed by atoms with Crippen LogP contribution in [-0.2, 0) is 9.53 Å². The van der Waals surface area contributed by atoms with Crippen molar-refractivity contribution >= 4 is 5.91 Å². The average Bonchev–Trinajstić information content (AvgIpc) is 2.44. The summed E-state index contributed by atoms with van der Waals surface area (Å²) < 4.78 is 5.64. The van der Waals surface area contributed by atoms with E-state index in [1.807, 2.05) is 0 Å². The van der Waals surface area contributed by atoms with Crippen LogP contribution in [-0.4, -0.2) is 63.3 Å². The number of hydrogen-bond acceptors (Lipinski definition) is 4. The van der Waals surface area contributed by atoms with Gasteiger partial charge in [0, 0.05) is 13.1 Å². The molecule has 1 unspecified atom stereocenters. The lowest BCUT2D eigenvalue weighted by Crippen LogP contribution is -2.41. The van der Waals surface area contributed by atoms with Crippen molar-refractivity contribution in [3.05, 3.63) is 0 Å². The van der Waals surface area contributed by atoms with E-state index < -0.39 is 0 Å². The summed E-state index contributed by atoms with van der Waals surface area (Å²) in [5.74, 6) is 0.633. The Kier molecular flexibility index (Phi) is 6.07. The van der Waals surface area contributed by atoms with Crippen LogP contribution >= 0.6 is 0 Å². The van der Waals surface area contributed by atoms with Gasteiger partial charge in [0.05, 0.1) is 6.10 Å². The quantitative estimate of drug-likeness (QED) is 0.749. The number of hydrogen-bond donors (Lipinski definition) is 2. The first kappa shape index (κ1) is 14.8. The van der Waals surface area contributed by atoms with Gasteiger partial charge < -0.3 is 20.3 Å². The molecule has 0 aromatic heterocycles. The van der Waals surface area contributed by atoms with Crippen molar-refractivity contribution < 1.29 is 9.53 Å². The second kappa shape index (κ2) is 7.82. The van der Waals surface area contributed by atoms with Gasteiger partial charge in [-0.3, -0.25) is 4.79 Å². The van der Waals surface area contributed by atoms with Crippen LogP contribution in [0.3, 0.4) is 0 Å². The van der Waals surface area contributed by atoms with Crippen LogP contribution in [0.4, 0.5) is 0 Å². The van der Waals surface area contributed by atoms with Gasteiger partial charge in [0.25, 0.3) is 0 Å². The number of rotatable bonds is 5. The molecule has 2 saturated heterocycles. The summed E-state index contributed by atoms with van der Waals surface area (Å²) in [6.45, 7) is 5.28. The van der Waals surface area contributed by atoms with Gasteiger partial charge in [-0.05, 0) is 58.3 Å². The Morgan fingerprint density at radius 1 is 1.37 bits per heavy atom. The SMILES string of the molecule is CN1CCCC(CNC(=O)COC2CCNCC2)C1. The molecule has 5 nitrogen and oxygen atoms in total. The topological polar surface area (TPSA) is 53.6 Å². The molecule has 110 valence electrons. The number of carbonyl (C=O) groups excluding carboxylic acids is 1. The van der Waals surface area contributed by atoms with Gasteiger partial charge in [0.1, 0.15) is 6.61 Å². The van der Waals surface area contributed by atoms with Gasteiger partial charge >= 0.3 is 0 Å². The molecule has 2 rings (SSSR count). The molecule has 1 atom stereocenters. The fourth-order valence-electron chi connectivity index (χ4n) is 2.90. The lowest BCUT2D eigenvalue weighted by Gasteiger charge is -2.29. The Morgan fingerprint density at radius 3 is 2.89 bits per heavy atom. The monoisotopic (exact) mass is 269 g/mol. The molecule has 0 aromatic rings. The van der Waals surface area contributed by atoms with Gasteiger partial charge in [0.15, 0.2) is 0 Å². The van der Waals surface area contributed by atoms with Crippen LogP contribution in [0.25, 0.3) is 0 Å². The average molecular weight is 269 g/mol. The molecule has 5 heteroatoms. The van der Waals surface area contributed by atoms with Gasteiger partial charge in [-0.15, -0.1) is 0 Å². The number of carbonyl (C=O) groups is 1. The van der Waals surface area contributed by atoms with E-state index in [9.17, 15) is 4.79 Å². The van der Waals surface area contributed by atoms with Gasteiger partial charge in [-0.25, -0.2) is 0 Å². The van der Waals surface area contributed by atoms with E-state index in [4.69, 9.17) is 4.74 Å². The molecular formula is C14H27N3O2. The van der Waals surface area contributed by atoms with E-state index >= 15 is 0 Å². The second-order valence-corrected chi connectivity index (χ2v) is 5.83. The molecule has 2 fully saturated rings. The van der Waals surface area contributed by atoms with E-state index in [2.05, 4.69) is 22.6 Å². The highest BCUT2D eigenvalue weighted by Crippen LogP contribution is 2.13. The number of ether oxygens (including phenoxy) is 1. The third kappa shape index (κ3) is 5.47. The Labute approximate surface area is 116 Å². The van der Waals surface area contributed by atoms with Crippen LogP contribution in [0.2, 0.25) is 0 Å². The zero-order chi connectivity index (χ0) is 13.5. The number of amides is 1. The highest BCUT2D eigenvalue weighted by molar-refractivity contribution is 5.77. The van der Waals surface area contributed by atoms with Crippen molar-refractivity contribution in [2.75, 3.05) is 46.4 Å². The van der Waals surface area contributed by atoms with Gasteiger partial charge in [-0.1, -0.05) is 0 Å². The van der Waals surface area contributed by atoms with Crippen LogP contribution in [0.1, 0.15) is 25.7 Å². The molecule has 2 aliphatic rings. The molecule has 0 spiro atoms. The summed E-state index contributed by atoms with van der Waals surface area (Å²) in [7, 11) is 2.15. The summed E-state index contributed by atoms with van der Waals surface area (Å²) in [6.07, 6.45) is 4.75. The molecule has 0 aromatic carbocycles. The van der Waals surface area contributed by atoms with Crippen molar-refractivity contribution in [2.45, 2.75) is 31.8 Å². The summed E-state index contributed by atoms with van der Waals surface area (Å²) >= 11 is 0. The molecule has 0 aliphatic carbocycles. The minimum atomic E-state index is 0.0340. The van der Waals surface area contributed by atoms with E-state index in [1.165, 1.54) is 19.4 Å².